The molecule has 0 bridgehead atoms. The molecule has 1 aromatic heterocycles. The average Bonchev–Trinajstić information content (AvgIpc) is 2.63. The van der Waals surface area contributed by atoms with Crippen LogP contribution in [0.2, 0.25) is 0 Å². The van der Waals surface area contributed by atoms with Crippen LogP contribution in [0, 0.1) is 0 Å². The molecule has 0 spiro atoms. The third kappa shape index (κ3) is 3.93. The number of rotatable bonds is 4. The zero-order valence-electron chi connectivity index (χ0n) is 13.7. The molecule has 24 heavy (non-hydrogen) atoms. The van der Waals surface area contributed by atoms with E-state index in [0.717, 1.165) is 23.3 Å². The first-order chi connectivity index (χ1) is 11.7. The Balaban J connectivity index is 1.68. The van der Waals surface area contributed by atoms with E-state index in [1.807, 2.05) is 24.3 Å². The molecule has 1 atom stereocenters. The summed E-state index contributed by atoms with van der Waals surface area (Å²) in [6, 6.07) is 11.5. The summed E-state index contributed by atoms with van der Waals surface area (Å²) in [5.41, 5.74) is 0.589. The molecule has 1 N–H and O–H groups in total. The Hall–Kier alpha value is -1.95. The topological polar surface area (TPSA) is 58.1 Å². The van der Waals surface area contributed by atoms with E-state index in [1.54, 1.807) is 12.1 Å². The van der Waals surface area contributed by atoms with E-state index >= 15 is 0 Å². The van der Waals surface area contributed by atoms with Crippen molar-refractivity contribution < 1.29 is 4.79 Å². The number of benzene rings is 1. The molecule has 0 radical (unpaired) electrons. The van der Waals surface area contributed by atoms with Gasteiger partial charge in [0.15, 0.2) is 11.6 Å². The van der Waals surface area contributed by atoms with Crippen LogP contribution in [0.3, 0.4) is 0 Å². The second-order valence-electron chi connectivity index (χ2n) is 5.99. The van der Waals surface area contributed by atoms with Crippen molar-refractivity contribution in [1.82, 2.24) is 10.2 Å². The van der Waals surface area contributed by atoms with Gasteiger partial charge in [-0.1, -0.05) is 22.9 Å². The van der Waals surface area contributed by atoms with Crippen LogP contribution >= 0.6 is 15.9 Å². The summed E-state index contributed by atoms with van der Waals surface area (Å²) in [6.45, 7) is 3.24. The molecule has 1 aromatic carbocycles. The highest BCUT2D eigenvalue weighted by atomic mass is 79.9. The lowest BCUT2D eigenvalue weighted by atomic mass is 10.0. The summed E-state index contributed by atoms with van der Waals surface area (Å²) >= 11 is 3.36. The Kier molecular flexibility index (Phi) is 5.45. The van der Waals surface area contributed by atoms with Crippen molar-refractivity contribution in [2.24, 2.45) is 0 Å². The molecule has 1 aliphatic heterocycles. The number of piperidine rings is 1. The number of amides is 1. The Morgan fingerprint density at radius 3 is 2.67 bits per heavy atom. The molecule has 2 heterocycles. The van der Waals surface area contributed by atoms with Gasteiger partial charge in [0.1, 0.15) is 0 Å². The molecular weight excluding hydrogens is 368 g/mol. The van der Waals surface area contributed by atoms with E-state index in [4.69, 9.17) is 0 Å². The van der Waals surface area contributed by atoms with Gasteiger partial charge in [-0.25, -0.2) is 0 Å². The third-order valence-corrected chi connectivity index (χ3v) is 4.92. The van der Waals surface area contributed by atoms with Gasteiger partial charge >= 0.3 is 0 Å². The van der Waals surface area contributed by atoms with Crippen LogP contribution in [0.1, 0.15) is 43.0 Å². The second-order valence-corrected chi connectivity index (χ2v) is 6.90. The van der Waals surface area contributed by atoms with Gasteiger partial charge in [0.2, 0.25) is 0 Å². The van der Waals surface area contributed by atoms with Gasteiger partial charge in [-0.2, -0.15) is 0 Å². The maximum Gasteiger partial charge on any atom is 0.256 e. The summed E-state index contributed by atoms with van der Waals surface area (Å²) in [4.78, 5) is 14.5. The molecule has 5 nitrogen and oxygen atoms in total. The number of halogens is 1. The smallest absolute Gasteiger partial charge is 0.256 e. The lowest BCUT2D eigenvalue weighted by molar-refractivity contribution is 0.102. The summed E-state index contributed by atoms with van der Waals surface area (Å²) < 4.78 is 0.940. The number of nitrogens with one attached hydrogen (secondary N) is 1. The standard InChI is InChI=1S/C18H21BrN4O/c1-2-15-5-3-4-12-23(15)17-11-10-16(21-22-17)20-18(24)13-6-8-14(19)9-7-13/h6-11,15H,2-5,12H2,1H3,(H,20,21,24). The summed E-state index contributed by atoms with van der Waals surface area (Å²) in [5.74, 6) is 1.17. The van der Waals surface area contributed by atoms with E-state index in [-0.39, 0.29) is 5.91 Å². The van der Waals surface area contributed by atoms with Gasteiger partial charge in [-0.3, -0.25) is 4.79 Å². The van der Waals surface area contributed by atoms with Gasteiger partial charge in [-0.05, 0) is 62.1 Å². The molecule has 0 aliphatic carbocycles. The van der Waals surface area contributed by atoms with Gasteiger partial charge in [-0.15, -0.1) is 10.2 Å². The van der Waals surface area contributed by atoms with Crippen molar-refractivity contribution in [3.05, 3.63) is 46.4 Å². The third-order valence-electron chi connectivity index (χ3n) is 4.39. The fourth-order valence-electron chi connectivity index (χ4n) is 3.06. The number of anilines is 2. The Morgan fingerprint density at radius 1 is 1.21 bits per heavy atom. The highest BCUT2D eigenvalue weighted by Gasteiger charge is 2.22. The highest BCUT2D eigenvalue weighted by Crippen LogP contribution is 2.25. The fraction of sp³-hybridized carbons (Fsp3) is 0.389. The first-order valence-corrected chi connectivity index (χ1v) is 9.14. The minimum absolute atomic E-state index is 0.186. The minimum atomic E-state index is -0.186. The molecule has 1 fully saturated rings. The Bertz CT molecular complexity index is 687. The second kappa shape index (κ2) is 7.75. The summed E-state index contributed by atoms with van der Waals surface area (Å²) in [7, 11) is 0. The molecule has 1 aliphatic rings. The lowest BCUT2D eigenvalue weighted by Crippen LogP contribution is -2.39. The van der Waals surface area contributed by atoms with Crippen LogP contribution in [0.4, 0.5) is 11.6 Å². The van der Waals surface area contributed by atoms with Gasteiger partial charge in [0.05, 0.1) is 0 Å². The minimum Gasteiger partial charge on any atom is -0.352 e. The van der Waals surface area contributed by atoms with Crippen LogP contribution < -0.4 is 10.2 Å². The monoisotopic (exact) mass is 388 g/mol. The molecule has 1 unspecified atom stereocenters. The van der Waals surface area contributed by atoms with E-state index in [2.05, 4.69) is 43.3 Å². The van der Waals surface area contributed by atoms with Crippen LogP contribution in [-0.2, 0) is 0 Å². The molecule has 0 saturated carbocycles. The van der Waals surface area contributed by atoms with E-state index in [0.29, 0.717) is 17.4 Å². The quantitative estimate of drug-likeness (QED) is 0.849. The van der Waals surface area contributed by atoms with E-state index in [9.17, 15) is 4.79 Å². The van der Waals surface area contributed by atoms with E-state index < -0.39 is 0 Å². The summed E-state index contributed by atoms with van der Waals surface area (Å²) in [6.07, 6.45) is 4.80. The summed E-state index contributed by atoms with van der Waals surface area (Å²) in [5, 5.41) is 11.3. The van der Waals surface area contributed by atoms with Crippen molar-refractivity contribution in [3.8, 4) is 0 Å². The number of hydrogen-bond acceptors (Lipinski definition) is 4. The average molecular weight is 389 g/mol. The molecule has 1 amide bonds. The predicted molar refractivity (Wildman–Crippen MR) is 99.4 cm³/mol. The molecule has 6 heteroatoms. The predicted octanol–water partition coefficient (Wildman–Crippen LogP) is 4.26. The first kappa shape index (κ1) is 16.9. The molecule has 126 valence electrons. The van der Waals surface area contributed by atoms with Crippen molar-refractivity contribution in [2.45, 2.75) is 38.6 Å². The van der Waals surface area contributed by atoms with E-state index in [1.165, 1.54) is 19.3 Å². The van der Waals surface area contributed by atoms with Crippen LogP contribution in [0.5, 0.6) is 0 Å². The van der Waals surface area contributed by atoms with Gasteiger partial charge < -0.3 is 10.2 Å². The lowest BCUT2D eigenvalue weighted by Gasteiger charge is -2.35. The van der Waals surface area contributed by atoms with Crippen LogP contribution in [0.15, 0.2) is 40.9 Å². The maximum absolute atomic E-state index is 12.2. The fourth-order valence-corrected chi connectivity index (χ4v) is 3.33. The number of hydrogen-bond donors (Lipinski definition) is 1. The molecule has 3 rings (SSSR count). The van der Waals surface area contributed by atoms with Crippen molar-refractivity contribution >= 4 is 33.5 Å². The zero-order valence-corrected chi connectivity index (χ0v) is 15.3. The first-order valence-electron chi connectivity index (χ1n) is 8.34. The normalized spacial score (nSPS) is 17.6. The number of carbonyl (C=O) groups excluding carboxylic acids is 1. The molecule has 1 saturated heterocycles. The number of nitrogens with zero attached hydrogens (tertiary/aromatic N) is 3. The Labute approximate surface area is 150 Å². The van der Waals surface area contributed by atoms with Gasteiger partial charge in [0.25, 0.3) is 5.91 Å². The SMILES string of the molecule is CCC1CCCCN1c1ccc(NC(=O)c2ccc(Br)cc2)nn1. The highest BCUT2D eigenvalue weighted by molar-refractivity contribution is 9.10. The Morgan fingerprint density at radius 2 is 2.00 bits per heavy atom. The van der Waals surface area contributed by atoms with Gasteiger partial charge in [0, 0.05) is 22.6 Å². The van der Waals surface area contributed by atoms with Crippen molar-refractivity contribution in [1.29, 1.82) is 0 Å². The molecule has 2 aromatic rings. The molecular formula is C18H21BrN4O. The van der Waals surface area contributed by atoms with Crippen LogP contribution in [0.25, 0.3) is 0 Å². The maximum atomic E-state index is 12.2. The number of aromatic nitrogens is 2. The van der Waals surface area contributed by atoms with Crippen LogP contribution in [-0.4, -0.2) is 28.7 Å². The largest absolute Gasteiger partial charge is 0.352 e. The van der Waals surface area contributed by atoms with Crippen molar-refractivity contribution in [3.63, 3.8) is 0 Å². The zero-order chi connectivity index (χ0) is 16.9. The number of carbonyl (C=O) groups is 1. The van der Waals surface area contributed by atoms with Crippen molar-refractivity contribution in [2.75, 3.05) is 16.8 Å².